The predicted octanol–water partition coefficient (Wildman–Crippen LogP) is 3.75. The number of aryl methyl sites for hydroxylation is 1. The third-order valence-corrected chi connectivity index (χ3v) is 2.29. The van der Waals surface area contributed by atoms with Crippen molar-refractivity contribution in [3.63, 3.8) is 0 Å². The second-order valence-corrected chi connectivity index (χ2v) is 3.84. The molecule has 18 heavy (non-hydrogen) atoms. The summed E-state index contributed by atoms with van der Waals surface area (Å²) in [4.78, 5) is 11.6. The van der Waals surface area contributed by atoms with Crippen LogP contribution in [0.15, 0.2) is 48.5 Å². The van der Waals surface area contributed by atoms with E-state index in [1.165, 1.54) is 24.3 Å². The minimum absolute atomic E-state index is 0.293. The number of hydrogen-bond acceptors (Lipinski definition) is 2. The first kappa shape index (κ1) is 12.1. The molecule has 0 spiro atoms. The maximum Gasteiger partial charge on any atom is 0.417 e. The van der Waals surface area contributed by atoms with Crippen molar-refractivity contribution in [1.82, 2.24) is 0 Å². The average molecular weight is 245 g/mol. The van der Waals surface area contributed by atoms with E-state index in [9.17, 15) is 9.18 Å². The van der Waals surface area contributed by atoms with E-state index in [1.54, 1.807) is 6.07 Å². The molecule has 0 unspecified atom stereocenters. The van der Waals surface area contributed by atoms with Crippen molar-refractivity contribution in [1.29, 1.82) is 0 Å². The van der Waals surface area contributed by atoms with Crippen LogP contribution < -0.4 is 10.1 Å². The number of nitrogens with one attached hydrogen (secondary N) is 1. The zero-order chi connectivity index (χ0) is 13.0. The Hall–Kier alpha value is -2.36. The number of hydrogen-bond donors (Lipinski definition) is 1. The molecule has 0 bridgehead atoms. The number of rotatable bonds is 2. The Morgan fingerprint density at radius 3 is 2.56 bits per heavy atom. The second kappa shape index (κ2) is 5.31. The lowest BCUT2D eigenvalue weighted by Crippen LogP contribution is -2.16. The summed E-state index contributed by atoms with van der Waals surface area (Å²) in [6.07, 6.45) is -0.604. The molecule has 3 nitrogen and oxygen atoms in total. The van der Waals surface area contributed by atoms with Crippen molar-refractivity contribution in [2.45, 2.75) is 6.92 Å². The van der Waals surface area contributed by atoms with Crippen LogP contribution in [0.4, 0.5) is 14.9 Å². The number of halogens is 1. The first-order chi connectivity index (χ1) is 8.63. The molecule has 0 aromatic heterocycles. The molecule has 1 amide bonds. The van der Waals surface area contributed by atoms with E-state index >= 15 is 0 Å². The maximum absolute atomic E-state index is 12.7. The summed E-state index contributed by atoms with van der Waals surface area (Å²) in [5.41, 5.74) is 1.69. The molecule has 0 aliphatic heterocycles. The molecule has 0 fully saturated rings. The highest BCUT2D eigenvalue weighted by atomic mass is 19.1. The molecule has 0 saturated heterocycles. The third-order valence-electron chi connectivity index (χ3n) is 2.29. The molecule has 92 valence electrons. The Labute approximate surface area is 104 Å². The molecule has 0 aliphatic carbocycles. The summed E-state index contributed by atoms with van der Waals surface area (Å²) in [7, 11) is 0. The monoisotopic (exact) mass is 245 g/mol. The van der Waals surface area contributed by atoms with Gasteiger partial charge in [0.15, 0.2) is 0 Å². The minimum atomic E-state index is -0.604. The van der Waals surface area contributed by atoms with Crippen molar-refractivity contribution in [3.05, 3.63) is 59.9 Å². The smallest absolute Gasteiger partial charge is 0.410 e. The van der Waals surface area contributed by atoms with Crippen molar-refractivity contribution in [3.8, 4) is 5.75 Å². The largest absolute Gasteiger partial charge is 0.417 e. The lowest BCUT2D eigenvalue weighted by Gasteiger charge is -2.06. The van der Waals surface area contributed by atoms with Crippen LogP contribution in [0.5, 0.6) is 5.75 Å². The number of anilines is 1. The van der Waals surface area contributed by atoms with Crippen LogP contribution in [-0.4, -0.2) is 6.09 Å². The Bertz CT molecular complexity index is 552. The van der Waals surface area contributed by atoms with Crippen LogP contribution in [0.2, 0.25) is 0 Å². The average Bonchev–Trinajstić information content (AvgIpc) is 2.32. The van der Waals surface area contributed by atoms with Gasteiger partial charge < -0.3 is 4.74 Å². The molecule has 1 N–H and O–H groups in total. The van der Waals surface area contributed by atoms with Crippen LogP contribution in [-0.2, 0) is 0 Å². The van der Waals surface area contributed by atoms with Gasteiger partial charge in [-0.05, 0) is 48.9 Å². The zero-order valence-corrected chi connectivity index (χ0v) is 9.81. The van der Waals surface area contributed by atoms with Gasteiger partial charge in [0.1, 0.15) is 11.6 Å². The molecule has 2 rings (SSSR count). The van der Waals surface area contributed by atoms with Crippen LogP contribution in [0.1, 0.15) is 5.56 Å². The number of amides is 1. The number of ether oxygens (including phenoxy) is 1. The Balaban J connectivity index is 1.98. The van der Waals surface area contributed by atoms with Crippen LogP contribution in [0.3, 0.4) is 0 Å². The summed E-state index contributed by atoms with van der Waals surface area (Å²) in [6.45, 7) is 1.93. The fourth-order valence-electron chi connectivity index (χ4n) is 1.48. The van der Waals surface area contributed by atoms with Crippen LogP contribution in [0, 0.1) is 12.7 Å². The summed E-state index contributed by atoms with van der Waals surface area (Å²) in [5, 5.41) is 2.59. The van der Waals surface area contributed by atoms with Gasteiger partial charge in [-0.2, -0.15) is 0 Å². The molecule has 0 radical (unpaired) electrons. The predicted molar refractivity (Wildman–Crippen MR) is 67.2 cm³/mol. The van der Waals surface area contributed by atoms with Gasteiger partial charge in [-0.25, -0.2) is 9.18 Å². The van der Waals surface area contributed by atoms with Crippen molar-refractivity contribution in [2.24, 2.45) is 0 Å². The zero-order valence-electron chi connectivity index (χ0n) is 9.81. The van der Waals surface area contributed by atoms with E-state index in [4.69, 9.17) is 4.74 Å². The van der Waals surface area contributed by atoms with Crippen molar-refractivity contribution in [2.75, 3.05) is 5.32 Å². The highest BCUT2D eigenvalue weighted by molar-refractivity contribution is 5.86. The van der Waals surface area contributed by atoms with Crippen LogP contribution >= 0.6 is 0 Å². The van der Waals surface area contributed by atoms with E-state index < -0.39 is 6.09 Å². The number of carbonyl (C=O) groups is 1. The van der Waals surface area contributed by atoms with Gasteiger partial charge in [-0.3, -0.25) is 5.32 Å². The normalized spacial score (nSPS) is 9.89. The lowest BCUT2D eigenvalue weighted by molar-refractivity contribution is 0.215. The van der Waals surface area contributed by atoms with Gasteiger partial charge in [0, 0.05) is 5.69 Å². The molecule has 2 aromatic rings. The highest BCUT2D eigenvalue weighted by Gasteiger charge is 2.05. The lowest BCUT2D eigenvalue weighted by atomic mass is 10.2. The molecule has 4 heteroatoms. The standard InChI is InChI=1S/C14H12FNO2/c1-10-3-2-4-12(9-10)16-14(17)18-13-7-5-11(15)6-8-13/h2-9H,1H3,(H,16,17). The van der Waals surface area contributed by atoms with E-state index in [0.29, 0.717) is 11.4 Å². The maximum atomic E-state index is 12.7. The van der Waals surface area contributed by atoms with E-state index in [0.717, 1.165) is 5.56 Å². The van der Waals surface area contributed by atoms with Crippen LogP contribution in [0.25, 0.3) is 0 Å². The molecule has 0 heterocycles. The first-order valence-corrected chi connectivity index (χ1v) is 5.44. The van der Waals surface area contributed by atoms with Gasteiger partial charge in [0.2, 0.25) is 0 Å². The highest BCUT2D eigenvalue weighted by Crippen LogP contribution is 2.13. The van der Waals surface area contributed by atoms with Crippen molar-refractivity contribution < 1.29 is 13.9 Å². The van der Waals surface area contributed by atoms with Gasteiger partial charge in [-0.1, -0.05) is 12.1 Å². The SMILES string of the molecule is Cc1cccc(NC(=O)Oc2ccc(F)cc2)c1. The molecule has 0 saturated carbocycles. The minimum Gasteiger partial charge on any atom is -0.410 e. The first-order valence-electron chi connectivity index (χ1n) is 5.44. The summed E-state index contributed by atoms with van der Waals surface area (Å²) in [5.74, 6) is -0.0806. The Morgan fingerprint density at radius 2 is 1.89 bits per heavy atom. The van der Waals surface area contributed by atoms with E-state index in [2.05, 4.69) is 5.32 Å². The van der Waals surface area contributed by atoms with Gasteiger partial charge in [0.25, 0.3) is 0 Å². The number of carbonyl (C=O) groups excluding carboxylic acids is 1. The van der Waals surface area contributed by atoms with Gasteiger partial charge in [-0.15, -0.1) is 0 Å². The third kappa shape index (κ3) is 3.31. The Morgan fingerprint density at radius 1 is 1.17 bits per heavy atom. The number of benzene rings is 2. The second-order valence-electron chi connectivity index (χ2n) is 3.84. The molecule has 2 aromatic carbocycles. The summed E-state index contributed by atoms with van der Waals surface area (Å²) in [6, 6.07) is 12.6. The topological polar surface area (TPSA) is 38.3 Å². The fourth-order valence-corrected chi connectivity index (χ4v) is 1.48. The van der Waals surface area contributed by atoms with Gasteiger partial charge >= 0.3 is 6.09 Å². The van der Waals surface area contributed by atoms with E-state index in [1.807, 2.05) is 25.1 Å². The molecule has 0 aliphatic rings. The molecular weight excluding hydrogens is 233 g/mol. The fraction of sp³-hybridized carbons (Fsp3) is 0.0714. The van der Waals surface area contributed by atoms with Gasteiger partial charge in [0.05, 0.1) is 0 Å². The molecule has 0 atom stereocenters. The van der Waals surface area contributed by atoms with Crippen molar-refractivity contribution >= 4 is 11.8 Å². The summed E-state index contributed by atoms with van der Waals surface area (Å²) >= 11 is 0. The quantitative estimate of drug-likeness (QED) is 0.875. The molecular formula is C14H12FNO2. The van der Waals surface area contributed by atoms with E-state index in [-0.39, 0.29) is 5.82 Å². The summed E-state index contributed by atoms with van der Waals surface area (Å²) < 4.78 is 17.7. The Kier molecular flexibility index (Phi) is 3.57.